The first-order valence-corrected chi connectivity index (χ1v) is 6.58. The third-order valence-electron chi connectivity index (χ3n) is 3.35. The van der Waals surface area contributed by atoms with Gasteiger partial charge in [-0.2, -0.15) is 5.10 Å². The molecule has 1 aromatic carbocycles. The molecule has 6 nitrogen and oxygen atoms in total. The Hall–Kier alpha value is -3.22. The molecule has 2 N–H and O–H groups in total. The lowest BCUT2D eigenvalue weighted by molar-refractivity contribution is 0.102. The predicted molar refractivity (Wildman–Crippen MR) is 79.2 cm³/mol. The molecule has 22 heavy (non-hydrogen) atoms. The van der Waals surface area contributed by atoms with Crippen molar-refractivity contribution in [1.82, 2.24) is 19.6 Å². The molecular weight excluding hydrogens is 285 g/mol. The number of aromatic amines is 1. The molecule has 0 radical (unpaired) electrons. The third kappa shape index (κ3) is 2.08. The molecule has 0 aliphatic carbocycles. The van der Waals surface area contributed by atoms with Crippen LogP contribution in [0.25, 0.3) is 16.6 Å². The summed E-state index contributed by atoms with van der Waals surface area (Å²) in [4.78, 5) is 16.4. The average Bonchev–Trinajstić information content (AvgIpc) is 3.12. The summed E-state index contributed by atoms with van der Waals surface area (Å²) in [5.41, 5.74) is 2.19. The molecule has 108 valence electrons. The molecule has 0 spiro atoms. The summed E-state index contributed by atoms with van der Waals surface area (Å²) < 4.78 is 14.6. The third-order valence-corrected chi connectivity index (χ3v) is 3.35. The van der Waals surface area contributed by atoms with Crippen LogP contribution in [0, 0.1) is 5.82 Å². The summed E-state index contributed by atoms with van der Waals surface area (Å²) >= 11 is 0. The molecule has 3 aromatic heterocycles. The number of carbonyl (C=O) groups is 1. The summed E-state index contributed by atoms with van der Waals surface area (Å²) in [6.07, 6.45) is 4.47. The molecule has 0 atom stereocenters. The van der Waals surface area contributed by atoms with E-state index in [1.165, 1.54) is 28.9 Å². The summed E-state index contributed by atoms with van der Waals surface area (Å²) in [5.74, 6) is -0.746. The predicted octanol–water partition coefficient (Wildman–Crippen LogP) is 2.60. The van der Waals surface area contributed by atoms with E-state index in [0.29, 0.717) is 11.3 Å². The van der Waals surface area contributed by atoms with E-state index in [4.69, 9.17) is 0 Å². The van der Waals surface area contributed by atoms with Crippen LogP contribution in [0.4, 0.5) is 10.1 Å². The van der Waals surface area contributed by atoms with Crippen LogP contribution in [-0.2, 0) is 0 Å². The number of H-pyrrole nitrogens is 1. The minimum Gasteiger partial charge on any atom is -0.321 e. The number of benzene rings is 1. The Morgan fingerprint density at radius 3 is 3.05 bits per heavy atom. The van der Waals surface area contributed by atoms with Gasteiger partial charge in [0.05, 0.1) is 11.7 Å². The molecule has 1 amide bonds. The van der Waals surface area contributed by atoms with Gasteiger partial charge in [-0.15, -0.1) is 0 Å². The van der Waals surface area contributed by atoms with E-state index in [1.54, 1.807) is 18.3 Å². The zero-order valence-corrected chi connectivity index (χ0v) is 11.2. The molecule has 0 unspecified atom stereocenters. The highest BCUT2D eigenvalue weighted by molar-refractivity contribution is 6.04. The highest BCUT2D eigenvalue weighted by atomic mass is 19.1. The number of nitrogens with one attached hydrogen (secondary N) is 2. The van der Waals surface area contributed by atoms with Crippen LogP contribution >= 0.6 is 0 Å². The number of carbonyl (C=O) groups excluding carboxylic acids is 1. The lowest BCUT2D eigenvalue weighted by atomic mass is 10.2. The topological polar surface area (TPSA) is 75.1 Å². The fraction of sp³-hybridized carbons (Fsp3) is 0. The minimum atomic E-state index is -0.387. The number of anilines is 1. The zero-order chi connectivity index (χ0) is 15.1. The zero-order valence-electron chi connectivity index (χ0n) is 11.2. The number of amides is 1. The summed E-state index contributed by atoms with van der Waals surface area (Å²) in [5, 5.41) is 10.5. The molecule has 0 fully saturated rings. The molecule has 0 aliphatic heterocycles. The lowest BCUT2D eigenvalue weighted by Gasteiger charge is -2.02. The average molecular weight is 295 g/mol. The normalized spacial score (nSPS) is 11.1. The molecule has 7 heteroatoms. The summed E-state index contributed by atoms with van der Waals surface area (Å²) in [7, 11) is 0. The first kappa shape index (κ1) is 12.5. The fourth-order valence-corrected chi connectivity index (χ4v) is 2.28. The Morgan fingerprint density at radius 1 is 1.23 bits per heavy atom. The summed E-state index contributed by atoms with van der Waals surface area (Å²) in [6.45, 7) is 0. The standard InChI is InChI=1S/C15H10FN5O/c16-10-2-4-14-19-13(8-21(14)7-10)15(22)18-11-3-1-9-6-17-20-12(9)5-11/h1-8H,(H,17,20)(H,18,22). The van der Waals surface area contributed by atoms with Crippen LogP contribution in [-0.4, -0.2) is 25.5 Å². The first-order valence-electron chi connectivity index (χ1n) is 6.58. The summed E-state index contributed by atoms with van der Waals surface area (Å²) in [6, 6.07) is 8.24. The van der Waals surface area contributed by atoms with E-state index in [-0.39, 0.29) is 17.4 Å². The van der Waals surface area contributed by atoms with Gasteiger partial charge in [-0.05, 0) is 30.3 Å². The van der Waals surface area contributed by atoms with Crippen molar-refractivity contribution >= 4 is 28.1 Å². The number of hydrogen-bond acceptors (Lipinski definition) is 3. The molecule has 3 heterocycles. The molecule has 4 rings (SSSR count). The lowest BCUT2D eigenvalue weighted by Crippen LogP contribution is -2.12. The molecule has 0 saturated heterocycles. The van der Waals surface area contributed by atoms with Crippen molar-refractivity contribution in [3.8, 4) is 0 Å². The SMILES string of the molecule is O=C(Nc1ccc2cn[nH]c2c1)c1cn2cc(F)ccc2n1. The number of fused-ring (bicyclic) bond motifs is 2. The maximum absolute atomic E-state index is 13.2. The second kappa shape index (κ2) is 4.66. The van der Waals surface area contributed by atoms with Crippen molar-refractivity contribution in [3.63, 3.8) is 0 Å². The van der Waals surface area contributed by atoms with Crippen molar-refractivity contribution in [3.05, 3.63) is 60.4 Å². The highest BCUT2D eigenvalue weighted by Gasteiger charge is 2.11. The Balaban J connectivity index is 1.64. The number of hydrogen-bond donors (Lipinski definition) is 2. The molecule has 0 bridgehead atoms. The van der Waals surface area contributed by atoms with Crippen LogP contribution in [0.5, 0.6) is 0 Å². The van der Waals surface area contributed by atoms with Gasteiger partial charge in [0.2, 0.25) is 0 Å². The maximum Gasteiger partial charge on any atom is 0.275 e. The second-order valence-corrected chi connectivity index (χ2v) is 4.87. The molecule has 0 aliphatic rings. The first-order chi connectivity index (χ1) is 10.7. The van der Waals surface area contributed by atoms with E-state index < -0.39 is 0 Å². The Labute approximate surface area is 123 Å². The van der Waals surface area contributed by atoms with Crippen LogP contribution < -0.4 is 5.32 Å². The van der Waals surface area contributed by atoms with Crippen molar-refractivity contribution < 1.29 is 9.18 Å². The fourth-order valence-electron chi connectivity index (χ4n) is 2.28. The van der Waals surface area contributed by atoms with Gasteiger partial charge in [-0.3, -0.25) is 9.89 Å². The second-order valence-electron chi connectivity index (χ2n) is 4.87. The largest absolute Gasteiger partial charge is 0.321 e. The van der Waals surface area contributed by atoms with Gasteiger partial charge in [0, 0.05) is 23.5 Å². The highest BCUT2D eigenvalue weighted by Crippen LogP contribution is 2.17. The van der Waals surface area contributed by atoms with Crippen LogP contribution in [0.3, 0.4) is 0 Å². The van der Waals surface area contributed by atoms with Crippen LogP contribution in [0.15, 0.2) is 48.9 Å². The Kier molecular flexibility index (Phi) is 2.65. The van der Waals surface area contributed by atoms with Crippen molar-refractivity contribution in [2.45, 2.75) is 0 Å². The van der Waals surface area contributed by atoms with Crippen LogP contribution in [0.1, 0.15) is 10.5 Å². The van der Waals surface area contributed by atoms with E-state index in [9.17, 15) is 9.18 Å². The molecule has 0 saturated carbocycles. The van der Waals surface area contributed by atoms with Gasteiger partial charge < -0.3 is 9.72 Å². The van der Waals surface area contributed by atoms with Crippen molar-refractivity contribution in [2.75, 3.05) is 5.32 Å². The monoisotopic (exact) mass is 295 g/mol. The number of halogens is 1. The number of imidazole rings is 1. The van der Waals surface area contributed by atoms with E-state index in [0.717, 1.165) is 10.9 Å². The van der Waals surface area contributed by atoms with Crippen molar-refractivity contribution in [2.24, 2.45) is 0 Å². The molecule has 4 aromatic rings. The number of aromatic nitrogens is 4. The minimum absolute atomic E-state index is 0.218. The van der Waals surface area contributed by atoms with Gasteiger partial charge in [0.15, 0.2) is 0 Å². The van der Waals surface area contributed by atoms with Gasteiger partial charge >= 0.3 is 0 Å². The van der Waals surface area contributed by atoms with E-state index in [1.807, 2.05) is 6.07 Å². The smallest absolute Gasteiger partial charge is 0.275 e. The van der Waals surface area contributed by atoms with E-state index >= 15 is 0 Å². The number of pyridine rings is 1. The number of rotatable bonds is 2. The quantitative estimate of drug-likeness (QED) is 0.597. The van der Waals surface area contributed by atoms with Gasteiger partial charge in [-0.25, -0.2) is 9.37 Å². The maximum atomic E-state index is 13.2. The van der Waals surface area contributed by atoms with Gasteiger partial charge in [-0.1, -0.05) is 0 Å². The Morgan fingerprint density at radius 2 is 2.14 bits per heavy atom. The van der Waals surface area contributed by atoms with Crippen molar-refractivity contribution in [1.29, 1.82) is 0 Å². The number of nitrogens with zero attached hydrogens (tertiary/aromatic N) is 3. The van der Waals surface area contributed by atoms with Gasteiger partial charge in [0.1, 0.15) is 17.2 Å². The molecular formula is C15H10FN5O. The van der Waals surface area contributed by atoms with Crippen LogP contribution in [0.2, 0.25) is 0 Å². The van der Waals surface area contributed by atoms with E-state index in [2.05, 4.69) is 20.5 Å². The van der Waals surface area contributed by atoms with Gasteiger partial charge in [0.25, 0.3) is 5.91 Å². The Bertz CT molecular complexity index is 1000.